The van der Waals surface area contributed by atoms with Crippen LogP contribution in [0, 0.1) is 5.41 Å². The number of hydrogen-bond donors (Lipinski definition) is 1. The summed E-state index contributed by atoms with van der Waals surface area (Å²) < 4.78 is 16.0. The Labute approximate surface area is 160 Å². The van der Waals surface area contributed by atoms with Crippen LogP contribution >= 0.6 is 0 Å². The standard InChI is InChI=1S/C20H28N2O5/c1-25-15-12-14(13-16(26-2)17(15)27-3)21-18(23)20(8-9-20)19(24)22-10-6-4-5-7-11-22/h12-13H,4-11H2,1-3H3,(H,21,23). The first-order valence-corrected chi connectivity index (χ1v) is 9.46. The highest BCUT2D eigenvalue weighted by Gasteiger charge is 2.58. The van der Waals surface area contributed by atoms with E-state index in [0.29, 0.717) is 35.8 Å². The van der Waals surface area contributed by atoms with Gasteiger partial charge in [0, 0.05) is 30.9 Å². The van der Waals surface area contributed by atoms with Crippen molar-refractivity contribution >= 4 is 17.5 Å². The predicted octanol–water partition coefficient (Wildman–Crippen LogP) is 2.83. The zero-order chi connectivity index (χ0) is 19.4. The summed E-state index contributed by atoms with van der Waals surface area (Å²) in [6, 6.07) is 3.34. The molecule has 0 bridgehead atoms. The lowest BCUT2D eigenvalue weighted by Crippen LogP contribution is -2.43. The van der Waals surface area contributed by atoms with E-state index in [1.54, 1.807) is 12.1 Å². The Balaban J connectivity index is 1.77. The first kappa shape index (κ1) is 19.3. The maximum atomic E-state index is 13.0. The second-order valence-electron chi connectivity index (χ2n) is 7.16. The van der Waals surface area contributed by atoms with Crippen molar-refractivity contribution in [2.75, 3.05) is 39.7 Å². The van der Waals surface area contributed by atoms with Crippen molar-refractivity contribution in [2.45, 2.75) is 38.5 Å². The van der Waals surface area contributed by atoms with E-state index in [-0.39, 0.29) is 11.8 Å². The fraction of sp³-hybridized carbons (Fsp3) is 0.600. The molecule has 0 radical (unpaired) electrons. The molecule has 148 valence electrons. The van der Waals surface area contributed by atoms with Crippen LogP contribution in [-0.4, -0.2) is 51.1 Å². The van der Waals surface area contributed by atoms with Gasteiger partial charge in [0.2, 0.25) is 17.6 Å². The van der Waals surface area contributed by atoms with Crippen molar-refractivity contribution in [2.24, 2.45) is 5.41 Å². The van der Waals surface area contributed by atoms with Gasteiger partial charge in [-0.05, 0) is 25.7 Å². The number of anilines is 1. The van der Waals surface area contributed by atoms with E-state index in [0.717, 1.165) is 38.8 Å². The molecule has 1 aliphatic carbocycles. The maximum absolute atomic E-state index is 13.0. The molecular formula is C20H28N2O5. The van der Waals surface area contributed by atoms with Crippen LogP contribution < -0.4 is 19.5 Å². The third kappa shape index (κ3) is 3.82. The molecule has 1 aromatic rings. The Morgan fingerprint density at radius 3 is 1.93 bits per heavy atom. The summed E-state index contributed by atoms with van der Waals surface area (Å²) in [7, 11) is 4.57. The monoisotopic (exact) mass is 376 g/mol. The maximum Gasteiger partial charge on any atom is 0.240 e. The number of carbonyl (C=O) groups is 2. The molecule has 7 heteroatoms. The van der Waals surface area contributed by atoms with Gasteiger partial charge in [0.25, 0.3) is 0 Å². The minimum atomic E-state index is -0.926. The Morgan fingerprint density at radius 2 is 1.48 bits per heavy atom. The van der Waals surface area contributed by atoms with Gasteiger partial charge >= 0.3 is 0 Å². The molecule has 1 saturated heterocycles. The van der Waals surface area contributed by atoms with Gasteiger partial charge in [0.05, 0.1) is 21.3 Å². The second-order valence-corrected chi connectivity index (χ2v) is 7.16. The number of nitrogens with zero attached hydrogens (tertiary/aromatic N) is 1. The lowest BCUT2D eigenvalue weighted by molar-refractivity contribution is -0.142. The van der Waals surface area contributed by atoms with E-state index in [2.05, 4.69) is 5.32 Å². The molecule has 2 aliphatic rings. The van der Waals surface area contributed by atoms with Crippen LogP contribution in [0.2, 0.25) is 0 Å². The van der Waals surface area contributed by atoms with Crippen LogP contribution in [0.1, 0.15) is 38.5 Å². The largest absolute Gasteiger partial charge is 0.493 e. The van der Waals surface area contributed by atoms with Crippen molar-refractivity contribution in [3.05, 3.63) is 12.1 Å². The topological polar surface area (TPSA) is 77.1 Å². The lowest BCUT2D eigenvalue weighted by Gasteiger charge is -2.25. The summed E-state index contributed by atoms with van der Waals surface area (Å²) in [5.74, 6) is 1.08. The predicted molar refractivity (Wildman–Crippen MR) is 101 cm³/mol. The molecule has 27 heavy (non-hydrogen) atoms. The number of rotatable bonds is 6. The first-order valence-electron chi connectivity index (χ1n) is 9.46. The Kier molecular flexibility index (Phi) is 5.77. The number of nitrogens with one attached hydrogen (secondary N) is 1. The minimum Gasteiger partial charge on any atom is -0.493 e. The molecule has 0 unspecified atom stereocenters. The average Bonchev–Trinajstić information content (AvgIpc) is 3.51. The third-order valence-electron chi connectivity index (χ3n) is 5.41. The highest BCUT2D eigenvalue weighted by atomic mass is 16.5. The molecule has 7 nitrogen and oxygen atoms in total. The molecular weight excluding hydrogens is 348 g/mol. The summed E-state index contributed by atoms with van der Waals surface area (Å²) in [4.78, 5) is 27.8. The number of likely N-dealkylation sites (tertiary alicyclic amines) is 1. The van der Waals surface area contributed by atoms with Gasteiger partial charge < -0.3 is 24.4 Å². The van der Waals surface area contributed by atoms with Crippen LogP contribution in [0.4, 0.5) is 5.69 Å². The van der Waals surface area contributed by atoms with Crippen molar-refractivity contribution in [1.82, 2.24) is 4.90 Å². The molecule has 1 saturated carbocycles. The molecule has 3 rings (SSSR count). The highest BCUT2D eigenvalue weighted by molar-refractivity contribution is 6.13. The average molecular weight is 376 g/mol. The van der Waals surface area contributed by atoms with Crippen molar-refractivity contribution in [1.29, 1.82) is 0 Å². The zero-order valence-corrected chi connectivity index (χ0v) is 16.3. The lowest BCUT2D eigenvalue weighted by atomic mass is 10.0. The van der Waals surface area contributed by atoms with E-state index >= 15 is 0 Å². The normalized spacial score (nSPS) is 18.3. The van der Waals surface area contributed by atoms with E-state index in [1.165, 1.54) is 21.3 Å². The third-order valence-corrected chi connectivity index (χ3v) is 5.41. The highest BCUT2D eigenvalue weighted by Crippen LogP contribution is 2.49. The van der Waals surface area contributed by atoms with E-state index < -0.39 is 5.41 Å². The molecule has 1 N–H and O–H groups in total. The van der Waals surface area contributed by atoms with Crippen LogP contribution in [0.5, 0.6) is 17.2 Å². The van der Waals surface area contributed by atoms with Gasteiger partial charge in [0.15, 0.2) is 11.5 Å². The molecule has 1 heterocycles. The summed E-state index contributed by atoms with van der Waals surface area (Å²) >= 11 is 0. The fourth-order valence-electron chi connectivity index (χ4n) is 3.64. The van der Waals surface area contributed by atoms with E-state index in [9.17, 15) is 9.59 Å². The van der Waals surface area contributed by atoms with Crippen molar-refractivity contribution < 1.29 is 23.8 Å². The summed E-state index contributed by atoms with van der Waals surface area (Å²) in [5.41, 5.74) is -0.408. The number of ether oxygens (including phenoxy) is 3. The number of hydrogen-bond acceptors (Lipinski definition) is 5. The molecule has 1 aromatic carbocycles. The minimum absolute atomic E-state index is 0.0330. The molecule has 0 aromatic heterocycles. The van der Waals surface area contributed by atoms with Gasteiger partial charge in [0.1, 0.15) is 5.41 Å². The summed E-state index contributed by atoms with van der Waals surface area (Å²) in [6.45, 7) is 1.50. The number of amides is 2. The van der Waals surface area contributed by atoms with E-state index in [1.807, 2.05) is 4.90 Å². The zero-order valence-electron chi connectivity index (χ0n) is 16.3. The molecule has 1 aliphatic heterocycles. The molecule has 2 fully saturated rings. The fourth-order valence-corrected chi connectivity index (χ4v) is 3.64. The molecule has 0 spiro atoms. The Bertz CT molecular complexity index is 681. The summed E-state index contributed by atoms with van der Waals surface area (Å²) in [6.07, 6.45) is 5.51. The first-order chi connectivity index (χ1) is 13.1. The van der Waals surface area contributed by atoms with Crippen LogP contribution in [0.15, 0.2) is 12.1 Å². The number of carbonyl (C=O) groups excluding carboxylic acids is 2. The summed E-state index contributed by atoms with van der Waals surface area (Å²) in [5, 5.41) is 2.88. The van der Waals surface area contributed by atoms with Crippen molar-refractivity contribution in [3.63, 3.8) is 0 Å². The van der Waals surface area contributed by atoms with Gasteiger partial charge in [-0.15, -0.1) is 0 Å². The van der Waals surface area contributed by atoms with Crippen LogP contribution in [0.25, 0.3) is 0 Å². The quantitative estimate of drug-likeness (QED) is 0.773. The van der Waals surface area contributed by atoms with Crippen molar-refractivity contribution in [3.8, 4) is 17.2 Å². The van der Waals surface area contributed by atoms with Gasteiger partial charge in [-0.3, -0.25) is 9.59 Å². The Morgan fingerprint density at radius 1 is 0.926 bits per heavy atom. The van der Waals surface area contributed by atoms with Gasteiger partial charge in [-0.25, -0.2) is 0 Å². The molecule has 0 atom stereocenters. The second kappa shape index (κ2) is 8.06. The van der Waals surface area contributed by atoms with E-state index in [4.69, 9.17) is 14.2 Å². The number of methoxy groups -OCH3 is 3. The van der Waals surface area contributed by atoms with Crippen LogP contribution in [-0.2, 0) is 9.59 Å². The van der Waals surface area contributed by atoms with Gasteiger partial charge in [-0.1, -0.05) is 12.8 Å². The van der Waals surface area contributed by atoms with Crippen LogP contribution in [0.3, 0.4) is 0 Å². The van der Waals surface area contributed by atoms with Gasteiger partial charge in [-0.2, -0.15) is 0 Å². The smallest absolute Gasteiger partial charge is 0.240 e. The Hall–Kier alpha value is -2.44. The molecule has 2 amide bonds. The number of benzene rings is 1. The SMILES string of the molecule is COc1cc(NC(=O)C2(C(=O)N3CCCCCC3)CC2)cc(OC)c1OC.